The molecule has 1 saturated heterocycles. The van der Waals surface area contributed by atoms with Crippen LogP contribution in [0.2, 0.25) is 0 Å². The van der Waals surface area contributed by atoms with Gasteiger partial charge in [-0.1, -0.05) is 12.1 Å². The molecule has 3 N–H and O–H groups in total. The van der Waals surface area contributed by atoms with Gasteiger partial charge >= 0.3 is 12.1 Å². The van der Waals surface area contributed by atoms with E-state index < -0.39 is 12.1 Å². The van der Waals surface area contributed by atoms with E-state index in [1.54, 1.807) is 17.2 Å². The third-order valence-corrected chi connectivity index (χ3v) is 5.84. The third-order valence-electron chi connectivity index (χ3n) is 5.84. The van der Waals surface area contributed by atoms with Crippen molar-refractivity contribution >= 4 is 34.5 Å². The highest BCUT2D eigenvalue weighted by Crippen LogP contribution is 2.23. The minimum Gasteiger partial charge on any atom is -0.475 e. The summed E-state index contributed by atoms with van der Waals surface area (Å²) in [6, 6.07) is 13.8. The fourth-order valence-electron chi connectivity index (χ4n) is 3.81. The average molecular weight is 569 g/mol. The molecule has 13 nitrogen and oxygen atoms in total. The van der Waals surface area contributed by atoms with Gasteiger partial charge in [0, 0.05) is 35.9 Å². The molecule has 16 heteroatoms. The normalized spacial score (nSPS) is 13.5. The number of carbonyl (C=O) groups is 1. The summed E-state index contributed by atoms with van der Waals surface area (Å²) >= 11 is 0. The number of carboxylic acid groups (broad SMARTS) is 1. The predicted octanol–water partition coefficient (Wildman–Crippen LogP) is 3.52. The molecule has 1 fully saturated rings. The number of alkyl halides is 3. The lowest BCUT2D eigenvalue weighted by Gasteiger charge is -2.25. The number of H-pyrrole nitrogens is 1. The standard InChI is InChI=1S/C23H22N10O.C2HF3O2/c1-15-26-21(30-29-15)16-2-3-17-13-24-22(28-20(17)12-16)27-18-4-6-19(7-5-18)33-14-25-23(31-33)32-8-10-34-11-9-32;3-2(4,5)1(6)7/h2-7,12-14H,8-11H2,1H3,(H,24,27,28)(H,26,29,30);(H,6,7). The second-order valence-corrected chi connectivity index (χ2v) is 8.77. The number of aliphatic carboxylic acids is 1. The van der Waals surface area contributed by atoms with Crippen molar-refractivity contribution in [2.24, 2.45) is 0 Å². The summed E-state index contributed by atoms with van der Waals surface area (Å²) < 4.78 is 38.9. The van der Waals surface area contributed by atoms with Crippen molar-refractivity contribution in [3.63, 3.8) is 0 Å². The van der Waals surface area contributed by atoms with Crippen molar-refractivity contribution in [1.29, 1.82) is 0 Å². The van der Waals surface area contributed by atoms with Gasteiger partial charge in [0.05, 0.1) is 24.4 Å². The van der Waals surface area contributed by atoms with Crippen LogP contribution in [-0.4, -0.2) is 83.5 Å². The molecule has 2 aromatic carbocycles. The fourth-order valence-corrected chi connectivity index (χ4v) is 3.81. The molecule has 3 aromatic heterocycles. The molecule has 0 atom stereocenters. The molecule has 41 heavy (non-hydrogen) atoms. The summed E-state index contributed by atoms with van der Waals surface area (Å²) in [5.41, 5.74) is 3.50. The molecule has 0 amide bonds. The molecule has 212 valence electrons. The molecule has 0 saturated carbocycles. The van der Waals surface area contributed by atoms with Gasteiger partial charge in [-0.05, 0) is 37.3 Å². The van der Waals surface area contributed by atoms with Crippen LogP contribution in [0.5, 0.6) is 0 Å². The maximum atomic E-state index is 10.6. The number of fused-ring (bicyclic) bond motifs is 1. The van der Waals surface area contributed by atoms with Crippen molar-refractivity contribution in [2.75, 3.05) is 36.5 Å². The summed E-state index contributed by atoms with van der Waals surface area (Å²) in [6.45, 7) is 4.88. The Morgan fingerprint density at radius 2 is 1.80 bits per heavy atom. The van der Waals surface area contributed by atoms with Crippen LogP contribution >= 0.6 is 0 Å². The number of aromatic nitrogens is 8. The van der Waals surface area contributed by atoms with Crippen LogP contribution in [0.1, 0.15) is 5.82 Å². The number of hydrogen-bond acceptors (Lipinski definition) is 10. The fraction of sp³-hybridized carbons (Fsp3) is 0.240. The average Bonchev–Trinajstić information content (AvgIpc) is 3.63. The van der Waals surface area contributed by atoms with Crippen LogP contribution in [0.4, 0.5) is 30.8 Å². The van der Waals surface area contributed by atoms with Gasteiger partial charge in [-0.15, -0.1) is 5.10 Å². The first kappa shape index (κ1) is 27.4. The number of aryl methyl sites for hydroxylation is 1. The highest BCUT2D eigenvalue weighted by Gasteiger charge is 2.38. The van der Waals surface area contributed by atoms with Crippen molar-refractivity contribution in [1.82, 2.24) is 39.9 Å². The number of nitrogens with zero attached hydrogens (tertiary/aromatic N) is 8. The molecular formula is C25H23F3N10O3. The van der Waals surface area contributed by atoms with Gasteiger partial charge in [-0.3, -0.25) is 5.10 Å². The van der Waals surface area contributed by atoms with Gasteiger partial charge in [-0.25, -0.2) is 24.4 Å². The smallest absolute Gasteiger partial charge is 0.475 e. The van der Waals surface area contributed by atoms with Gasteiger partial charge in [0.2, 0.25) is 11.9 Å². The van der Waals surface area contributed by atoms with E-state index >= 15 is 0 Å². The van der Waals surface area contributed by atoms with Crippen LogP contribution in [0.25, 0.3) is 28.0 Å². The highest BCUT2D eigenvalue weighted by molar-refractivity contribution is 5.83. The zero-order chi connectivity index (χ0) is 29.0. The predicted molar refractivity (Wildman–Crippen MR) is 141 cm³/mol. The Morgan fingerprint density at radius 3 is 2.46 bits per heavy atom. The number of nitrogens with one attached hydrogen (secondary N) is 2. The molecule has 0 unspecified atom stereocenters. The Kier molecular flexibility index (Phi) is 7.73. The molecule has 4 heterocycles. The van der Waals surface area contributed by atoms with E-state index in [0.29, 0.717) is 25.0 Å². The molecule has 0 aliphatic carbocycles. The molecular weight excluding hydrogens is 545 g/mol. The first-order valence-electron chi connectivity index (χ1n) is 12.2. The largest absolute Gasteiger partial charge is 0.490 e. The van der Waals surface area contributed by atoms with Crippen LogP contribution in [0, 0.1) is 6.92 Å². The lowest BCUT2D eigenvalue weighted by atomic mass is 10.1. The van der Waals surface area contributed by atoms with Gasteiger partial charge in [0.15, 0.2) is 5.82 Å². The van der Waals surface area contributed by atoms with Crippen LogP contribution in [-0.2, 0) is 9.53 Å². The highest BCUT2D eigenvalue weighted by atomic mass is 19.4. The second-order valence-electron chi connectivity index (χ2n) is 8.77. The van der Waals surface area contributed by atoms with Crippen molar-refractivity contribution in [2.45, 2.75) is 13.1 Å². The zero-order valence-corrected chi connectivity index (χ0v) is 21.5. The summed E-state index contributed by atoms with van der Waals surface area (Å²) in [7, 11) is 0. The van der Waals surface area contributed by atoms with Gasteiger partial charge in [0.1, 0.15) is 12.2 Å². The van der Waals surface area contributed by atoms with Crippen LogP contribution in [0.15, 0.2) is 55.0 Å². The molecule has 0 spiro atoms. The number of anilines is 3. The first-order valence-corrected chi connectivity index (χ1v) is 12.2. The molecule has 0 radical (unpaired) electrons. The van der Waals surface area contributed by atoms with Crippen molar-refractivity contribution < 1.29 is 27.8 Å². The maximum Gasteiger partial charge on any atom is 0.490 e. The number of rotatable bonds is 5. The molecule has 1 aliphatic heterocycles. The SMILES string of the molecule is Cc1nc(-c2ccc3cnc(Nc4ccc(-n5cnc(N6CCOCC6)n5)cc4)nc3c2)n[nH]1.O=C(O)C(F)(F)F. The summed E-state index contributed by atoms with van der Waals surface area (Å²) in [5, 5.41) is 23.0. The summed E-state index contributed by atoms with van der Waals surface area (Å²) in [4.78, 5) is 29.0. The number of hydrogen-bond donors (Lipinski definition) is 3. The van der Waals surface area contributed by atoms with Gasteiger partial charge in [-0.2, -0.15) is 23.3 Å². The Hall–Kier alpha value is -5.12. The number of morpholine rings is 1. The molecule has 6 rings (SSSR count). The summed E-state index contributed by atoms with van der Waals surface area (Å²) in [5.74, 6) is -0.110. The van der Waals surface area contributed by atoms with E-state index in [-0.39, 0.29) is 0 Å². The summed E-state index contributed by atoms with van der Waals surface area (Å²) in [6.07, 6.45) is -1.55. The number of carboxylic acids is 1. The van der Waals surface area contributed by atoms with E-state index in [9.17, 15) is 13.2 Å². The number of benzene rings is 2. The first-order chi connectivity index (χ1) is 19.7. The van der Waals surface area contributed by atoms with E-state index in [0.717, 1.165) is 52.7 Å². The number of aromatic amines is 1. The van der Waals surface area contributed by atoms with Crippen molar-refractivity contribution in [3.05, 3.63) is 60.8 Å². The monoisotopic (exact) mass is 568 g/mol. The Morgan fingerprint density at radius 1 is 1.07 bits per heavy atom. The zero-order valence-electron chi connectivity index (χ0n) is 21.5. The lowest BCUT2D eigenvalue weighted by Crippen LogP contribution is -2.37. The minimum atomic E-state index is -5.08. The van der Waals surface area contributed by atoms with E-state index in [1.165, 1.54) is 0 Å². The minimum absolute atomic E-state index is 0.513. The van der Waals surface area contributed by atoms with Crippen molar-refractivity contribution in [3.8, 4) is 17.1 Å². The molecule has 5 aromatic rings. The third kappa shape index (κ3) is 6.73. The quantitative estimate of drug-likeness (QED) is 0.285. The molecule has 1 aliphatic rings. The van der Waals surface area contributed by atoms with E-state index in [1.807, 2.05) is 49.4 Å². The van der Waals surface area contributed by atoms with Gasteiger partial charge in [0.25, 0.3) is 0 Å². The topological polar surface area (TPSA) is 160 Å². The lowest BCUT2D eigenvalue weighted by molar-refractivity contribution is -0.192. The second kappa shape index (κ2) is 11.5. The van der Waals surface area contributed by atoms with E-state index in [2.05, 4.69) is 45.4 Å². The Bertz CT molecular complexity index is 1650. The van der Waals surface area contributed by atoms with Crippen LogP contribution < -0.4 is 10.2 Å². The number of ether oxygens (including phenoxy) is 1. The van der Waals surface area contributed by atoms with E-state index in [4.69, 9.17) is 14.6 Å². The Balaban J connectivity index is 0.000000431. The van der Waals surface area contributed by atoms with Gasteiger partial charge < -0.3 is 20.1 Å². The maximum absolute atomic E-state index is 10.6. The Labute approximate surface area is 230 Å². The molecule has 0 bridgehead atoms. The number of halogens is 3. The van der Waals surface area contributed by atoms with Crippen LogP contribution in [0.3, 0.4) is 0 Å².